The standard InChI is InChI=1S/C17H11F3O/c18-17(19,20)16(12-11-13-7-3-1-4-8-13)15(21-16)14-9-5-2-6-10-14/h1-10,15H/t15-,16+/m1/s1. The van der Waals surface area contributed by atoms with E-state index >= 15 is 0 Å². The van der Waals surface area contributed by atoms with Gasteiger partial charge in [-0.15, -0.1) is 0 Å². The van der Waals surface area contributed by atoms with Gasteiger partial charge < -0.3 is 4.74 Å². The number of benzene rings is 2. The Kier molecular flexibility index (Phi) is 3.23. The van der Waals surface area contributed by atoms with Crippen molar-refractivity contribution in [3.05, 3.63) is 71.8 Å². The molecule has 0 N–H and O–H groups in total. The molecule has 2 aromatic rings. The molecule has 1 saturated heterocycles. The van der Waals surface area contributed by atoms with Crippen molar-refractivity contribution in [3.63, 3.8) is 0 Å². The molecule has 4 heteroatoms. The van der Waals surface area contributed by atoms with Crippen molar-refractivity contribution in [2.45, 2.75) is 17.9 Å². The monoisotopic (exact) mass is 288 g/mol. The highest BCUT2D eigenvalue weighted by Crippen LogP contribution is 2.58. The summed E-state index contributed by atoms with van der Waals surface area (Å²) in [6, 6.07) is 16.9. The van der Waals surface area contributed by atoms with E-state index in [0.29, 0.717) is 11.1 Å². The van der Waals surface area contributed by atoms with Gasteiger partial charge in [0, 0.05) is 5.56 Å². The molecule has 0 aliphatic carbocycles. The lowest BCUT2D eigenvalue weighted by atomic mass is 9.99. The molecule has 0 saturated carbocycles. The molecular weight excluding hydrogens is 277 g/mol. The van der Waals surface area contributed by atoms with Crippen LogP contribution in [0.5, 0.6) is 0 Å². The topological polar surface area (TPSA) is 12.5 Å². The fourth-order valence-corrected chi connectivity index (χ4v) is 2.15. The first-order valence-electron chi connectivity index (χ1n) is 6.41. The highest BCUT2D eigenvalue weighted by atomic mass is 19.4. The van der Waals surface area contributed by atoms with Gasteiger partial charge in [-0.2, -0.15) is 13.2 Å². The van der Waals surface area contributed by atoms with Crippen LogP contribution in [0.25, 0.3) is 0 Å². The third-order valence-corrected chi connectivity index (χ3v) is 3.31. The summed E-state index contributed by atoms with van der Waals surface area (Å²) in [6.07, 6.45) is -5.59. The molecule has 2 aromatic carbocycles. The second kappa shape index (κ2) is 4.94. The zero-order valence-electron chi connectivity index (χ0n) is 10.9. The minimum atomic E-state index is -4.53. The molecular formula is C17H11F3O. The van der Waals surface area contributed by atoms with Crippen LogP contribution in [0.4, 0.5) is 13.2 Å². The van der Waals surface area contributed by atoms with Crippen molar-refractivity contribution in [2.75, 3.05) is 0 Å². The van der Waals surface area contributed by atoms with Crippen LogP contribution in [0.3, 0.4) is 0 Å². The molecule has 0 unspecified atom stereocenters. The summed E-state index contributed by atoms with van der Waals surface area (Å²) in [7, 11) is 0. The maximum Gasteiger partial charge on any atom is 0.431 e. The van der Waals surface area contributed by atoms with Gasteiger partial charge in [0.15, 0.2) is 0 Å². The zero-order chi connectivity index (χ0) is 14.9. The van der Waals surface area contributed by atoms with Gasteiger partial charge >= 0.3 is 6.18 Å². The molecule has 1 aliphatic rings. The SMILES string of the molecule is FC(F)(F)[C@@]1(C#Cc2ccccc2)O[C@@H]1c1ccccc1. The zero-order valence-corrected chi connectivity index (χ0v) is 10.9. The maximum atomic E-state index is 13.3. The minimum absolute atomic E-state index is 0.484. The van der Waals surface area contributed by atoms with Crippen LogP contribution in [-0.4, -0.2) is 11.8 Å². The minimum Gasteiger partial charge on any atom is -0.339 e. The van der Waals surface area contributed by atoms with Crippen LogP contribution in [-0.2, 0) is 4.74 Å². The van der Waals surface area contributed by atoms with Crippen molar-refractivity contribution >= 4 is 0 Å². The van der Waals surface area contributed by atoms with Crippen molar-refractivity contribution in [2.24, 2.45) is 0 Å². The predicted octanol–water partition coefficient (Wildman–Crippen LogP) is 4.11. The smallest absolute Gasteiger partial charge is 0.339 e. The Morgan fingerprint density at radius 1 is 0.905 bits per heavy atom. The predicted molar refractivity (Wildman–Crippen MR) is 72.4 cm³/mol. The summed E-state index contributed by atoms with van der Waals surface area (Å²) in [6.45, 7) is 0. The second-order valence-electron chi connectivity index (χ2n) is 4.76. The number of hydrogen-bond acceptors (Lipinski definition) is 1. The number of halogens is 3. The highest BCUT2D eigenvalue weighted by Gasteiger charge is 2.73. The van der Waals surface area contributed by atoms with Gasteiger partial charge in [0.2, 0.25) is 0 Å². The number of hydrogen-bond donors (Lipinski definition) is 0. The first-order chi connectivity index (χ1) is 10.0. The van der Waals surface area contributed by atoms with Crippen molar-refractivity contribution < 1.29 is 17.9 Å². The molecule has 0 amide bonds. The van der Waals surface area contributed by atoms with Crippen LogP contribution in [0.2, 0.25) is 0 Å². The van der Waals surface area contributed by atoms with Crippen LogP contribution < -0.4 is 0 Å². The molecule has 0 radical (unpaired) electrons. The number of rotatable bonds is 1. The fourth-order valence-electron chi connectivity index (χ4n) is 2.15. The number of epoxide rings is 1. The maximum absolute atomic E-state index is 13.3. The first kappa shape index (κ1) is 13.7. The van der Waals surface area contributed by atoms with Gasteiger partial charge in [-0.1, -0.05) is 54.5 Å². The summed E-state index contributed by atoms with van der Waals surface area (Å²) in [5, 5.41) is 0. The first-order valence-corrected chi connectivity index (χ1v) is 6.41. The summed E-state index contributed by atoms with van der Waals surface area (Å²) >= 11 is 0. The summed E-state index contributed by atoms with van der Waals surface area (Å²) < 4.78 is 44.9. The molecule has 0 aromatic heterocycles. The summed E-state index contributed by atoms with van der Waals surface area (Å²) in [4.78, 5) is 0. The Morgan fingerprint density at radius 3 is 2.05 bits per heavy atom. The normalized spacial score (nSPS) is 24.0. The molecule has 1 aliphatic heterocycles. The Morgan fingerprint density at radius 2 is 1.48 bits per heavy atom. The third-order valence-electron chi connectivity index (χ3n) is 3.31. The fraction of sp³-hybridized carbons (Fsp3) is 0.176. The molecule has 0 spiro atoms. The third kappa shape index (κ3) is 2.53. The van der Waals surface area contributed by atoms with Crippen molar-refractivity contribution in [1.82, 2.24) is 0 Å². The van der Waals surface area contributed by atoms with Gasteiger partial charge in [0.05, 0.1) is 0 Å². The lowest BCUT2D eigenvalue weighted by Crippen LogP contribution is -2.32. The highest BCUT2D eigenvalue weighted by molar-refractivity contribution is 5.43. The van der Waals surface area contributed by atoms with E-state index in [2.05, 4.69) is 11.8 Å². The summed E-state index contributed by atoms with van der Waals surface area (Å²) in [5.41, 5.74) is -1.38. The molecule has 106 valence electrons. The van der Waals surface area contributed by atoms with E-state index < -0.39 is 17.9 Å². The lowest BCUT2D eigenvalue weighted by Gasteiger charge is -2.10. The Hall–Kier alpha value is -2.25. The number of alkyl halides is 3. The Balaban J connectivity index is 1.94. The second-order valence-corrected chi connectivity index (χ2v) is 4.76. The van der Waals surface area contributed by atoms with Gasteiger partial charge in [-0.25, -0.2) is 0 Å². The van der Waals surface area contributed by atoms with Gasteiger partial charge in [-0.3, -0.25) is 0 Å². The van der Waals surface area contributed by atoms with E-state index in [1.54, 1.807) is 60.7 Å². The molecule has 3 rings (SSSR count). The lowest BCUT2D eigenvalue weighted by molar-refractivity contribution is -0.167. The van der Waals surface area contributed by atoms with Crippen molar-refractivity contribution in [3.8, 4) is 11.8 Å². The molecule has 0 bridgehead atoms. The van der Waals surface area contributed by atoms with Gasteiger partial charge in [-0.05, 0) is 23.6 Å². The quantitative estimate of drug-likeness (QED) is 0.568. The Labute approximate surface area is 120 Å². The van der Waals surface area contributed by atoms with Crippen LogP contribution >= 0.6 is 0 Å². The van der Waals surface area contributed by atoms with E-state index in [1.807, 2.05) is 0 Å². The molecule has 21 heavy (non-hydrogen) atoms. The average molecular weight is 288 g/mol. The largest absolute Gasteiger partial charge is 0.431 e. The van der Waals surface area contributed by atoms with E-state index in [-0.39, 0.29) is 0 Å². The van der Waals surface area contributed by atoms with Crippen molar-refractivity contribution in [1.29, 1.82) is 0 Å². The van der Waals surface area contributed by atoms with E-state index in [9.17, 15) is 13.2 Å². The molecule has 1 fully saturated rings. The van der Waals surface area contributed by atoms with E-state index in [1.165, 1.54) is 0 Å². The number of ether oxygens (including phenoxy) is 1. The molecule has 1 nitrogen and oxygen atoms in total. The van der Waals surface area contributed by atoms with Gasteiger partial charge in [0.1, 0.15) is 6.10 Å². The Bertz CT molecular complexity index is 683. The average Bonchev–Trinajstić information content (AvgIpc) is 3.23. The van der Waals surface area contributed by atoms with Crippen LogP contribution in [0.1, 0.15) is 17.2 Å². The van der Waals surface area contributed by atoms with Gasteiger partial charge in [0.25, 0.3) is 5.60 Å². The van der Waals surface area contributed by atoms with Crippen LogP contribution in [0, 0.1) is 11.8 Å². The van der Waals surface area contributed by atoms with E-state index in [0.717, 1.165) is 0 Å². The van der Waals surface area contributed by atoms with Crippen LogP contribution in [0.15, 0.2) is 60.7 Å². The van der Waals surface area contributed by atoms with E-state index in [4.69, 9.17) is 4.74 Å². The summed E-state index contributed by atoms with van der Waals surface area (Å²) in [5.74, 6) is 4.84. The molecule has 2 atom stereocenters. The molecule has 1 heterocycles.